The number of thiocarbonyl (C=S) groups is 1. The van der Waals surface area contributed by atoms with Crippen LogP contribution in [0.4, 0.5) is 11.4 Å². The number of nitrogens with zero attached hydrogens (tertiary/aromatic N) is 1. The van der Waals surface area contributed by atoms with Gasteiger partial charge in [-0.05, 0) is 93.0 Å². The molecule has 0 aliphatic heterocycles. The van der Waals surface area contributed by atoms with Crippen molar-refractivity contribution in [3.63, 3.8) is 0 Å². The molecule has 3 rings (SSSR count). The number of halogens is 2. The Hall–Kier alpha value is -1.81. The minimum absolute atomic E-state index is 0.0427. The lowest BCUT2D eigenvalue weighted by Gasteiger charge is -2.18. The van der Waals surface area contributed by atoms with Crippen LogP contribution in [0.3, 0.4) is 0 Å². The Morgan fingerprint density at radius 2 is 1.75 bits per heavy atom. The first-order valence-electron chi connectivity index (χ1n) is 8.24. The molecule has 3 aromatic rings. The van der Waals surface area contributed by atoms with Gasteiger partial charge in [0, 0.05) is 25.7 Å². The Labute approximate surface area is 189 Å². The van der Waals surface area contributed by atoms with Crippen molar-refractivity contribution >= 4 is 77.8 Å². The van der Waals surface area contributed by atoms with Gasteiger partial charge in [0.05, 0.1) is 11.6 Å². The van der Waals surface area contributed by atoms with Crippen molar-refractivity contribution in [2.75, 3.05) is 10.6 Å². The number of hydrogen-bond acceptors (Lipinski definition) is 4. The van der Waals surface area contributed by atoms with E-state index in [4.69, 9.17) is 12.2 Å². The van der Waals surface area contributed by atoms with Crippen LogP contribution in [0, 0.1) is 0 Å². The molecule has 0 aliphatic carbocycles. The first-order chi connectivity index (χ1) is 13.4. The number of aromatic nitrogens is 1. The molecule has 3 N–H and O–H groups in total. The second kappa shape index (κ2) is 9.60. The van der Waals surface area contributed by atoms with Crippen LogP contribution in [0.15, 0.2) is 62.3 Å². The van der Waals surface area contributed by atoms with Gasteiger partial charge in [-0.2, -0.15) is 0 Å². The minimum atomic E-state index is -0.228. The van der Waals surface area contributed by atoms with Crippen molar-refractivity contribution < 1.29 is 4.79 Å². The molecule has 5 nitrogen and oxygen atoms in total. The van der Waals surface area contributed by atoms with Gasteiger partial charge in [0.15, 0.2) is 5.11 Å². The van der Waals surface area contributed by atoms with Crippen molar-refractivity contribution in [3.05, 3.63) is 73.6 Å². The normalized spacial score (nSPS) is 11.5. The number of hydrogen-bond donors (Lipinski definition) is 3. The van der Waals surface area contributed by atoms with Gasteiger partial charge in [-0.3, -0.25) is 4.79 Å². The number of benzene rings is 2. The summed E-state index contributed by atoms with van der Waals surface area (Å²) in [6, 6.07) is 13.4. The molecule has 0 aliphatic rings. The van der Waals surface area contributed by atoms with Crippen molar-refractivity contribution in [3.8, 4) is 0 Å². The molecule has 1 aromatic heterocycles. The highest BCUT2D eigenvalue weighted by Crippen LogP contribution is 2.26. The fourth-order valence-corrected chi connectivity index (χ4v) is 3.86. The molecule has 28 heavy (non-hydrogen) atoms. The van der Waals surface area contributed by atoms with Gasteiger partial charge in [0.2, 0.25) is 0 Å². The third kappa shape index (κ3) is 5.60. The number of anilines is 2. The SMILES string of the molecule is CC(NC(=S)Nc1ccc(NC(=O)c2cscn2)cc1)c1ccc(Br)c(Br)c1. The molecule has 0 bridgehead atoms. The molecule has 0 spiro atoms. The third-order valence-corrected chi connectivity index (χ3v) is 6.54. The van der Waals surface area contributed by atoms with Crippen molar-refractivity contribution in [2.24, 2.45) is 0 Å². The maximum Gasteiger partial charge on any atom is 0.275 e. The molecule has 1 heterocycles. The Morgan fingerprint density at radius 3 is 2.36 bits per heavy atom. The number of thiazole rings is 1. The summed E-state index contributed by atoms with van der Waals surface area (Å²) in [5.74, 6) is -0.228. The zero-order valence-electron chi connectivity index (χ0n) is 14.7. The number of carbonyl (C=O) groups is 1. The molecule has 0 saturated heterocycles. The summed E-state index contributed by atoms with van der Waals surface area (Å²) in [6.07, 6.45) is 0. The first kappa shape index (κ1) is 20.9. The number of amides is 1. The van der Waals surface area contributed by atoms with E-state index < -0.39 is 0 Å². The smallest absolute Gasteiger partial charge is 0.275 e. The van der Waals surface area contributed by atoms with Gasteiger partial charge >= 0.3 is 0 Å². The highest BCUT2D eigenvalue weighted by molar-refractivity contribution is 9.13. The van der Waals surface area contributed by atoms with Gasteiger partial charge in [0.1, 0.15) is 5.69 Å². The highest BCUT2D eigenvalue weighted by atomic mass is 79.9. The summed E-state index contributed by atoms with van der Waals surface area (Å²) in [7, 11) is 0. The predicted molar refractivity (Wildman–Crippen MR) is 126 cm³/mol. The van der Waals surface area contributed by atoms with Crippen LogP contribution in [0.5, 0.6) is 0 Å². The van der Waals surface area contributed by atoms with E-state index in [0.29, 0.717) is 16.5 Å². The lowest BCUT2D eigenvalue weighted by atomic mass is 10.1. The highest BCUT2D eigenvalue weighted by Gasteiger charge is 2.10. The van der Waals surface area contributed by atoms with Crippen LogP contribution in [0.25, 0.3) is 0 Å². The Kier molecular flexibility index (Phi) is 7.17. The Bertz CT molecular complexity index is 978. The van der Waals surface area contributed by atoms with Crippen molar-refractivity contribution in [1.29, 1.82) is 0 Å². The standard InChI is InChI=1S/C19H16Br2N4OS2/c1-11(12-2-7-15(20)16(21)8-12)23-19(27)25-14-5-3-13(4-6-14)24-18(26)17-9-28-10-22-17/h2-11H,1H3,(H,24,26)(H2,23,25,27). The molecular weight excluding hydrogens is 524 g/mol. The van der Waals surface area contributed by atoms with Crippen LogP contribution in [0.2, 0.25) is 0 Å². The molecule has 0 fully saturated rings. The number of rotatable bonds is 5. The quantitative estimate of drug-likeness (QED) is 0.349. The van der Waals surface area contributed by atoms with Gasteiger partial charge in [0.25, 0.3) is 5.91 Å². The summed E-state index contributed by atoms with van der Waals surface area (Å²) in [5.41, 5.74) is 4.67. The zero-order chi connectivity index (χ0) is 20.1. The largest absolute Gasteiger partial charge is 0.356 e. The predicted octanol–water partition coefficient (Wildman–Crippen LogP) is 5.97. The zero-order valence-corrected chi connectivity index (χ0v) is 19.5. The monoisotopic (exact) mass is 538 g/mol. The van der Waals surface area contributed by atoms with Gasteiger partial charge in [-0.1, -0.05) is 6.07 Å². The van der Waals surface area contributed by atoms with Crippen LogP contribution >= 0.6 is 55.4 Å². The van der Waals surface area contributed by atoms with E-state index >= 15 is 0 Å². The molecular formula is C19H16Br2N4OS2. The van der Waals surface area contributed by atoms with Crippen molar-refractivity contribution in [2.45, 2.75) is 13.0 Å². The molecule has 0 radical (unpaired) electrons. The Balaban J connectivity index is 1.55. The second-order valence-corrected chi connectivity index (χ2v) is 8.73. The van der Waals surface area contributed by atoms with Gasteiger partial charge < -0.3 is 16.0 Å². The van der Waals surface area contributed by atoms with E-state index in [0.717, 1.165) is 20.2 Å². The molecule has 2 aromatic carbocycles. The fourth-order valence-electron chi connectivity index (χ4n) is 2.39. The topological polar surface area (TPSA) is 66.0 Å². The Morgan fingerprint density at radius 1 is 1.07 bits per heavy atom. The summed E-state index contributed by atoms with van der Waals surface area (Å²) < 4.78 is 2.00. The van der Waals surface area contributed by atoms with Crippen LogP contribution in [0.1, 0.15) is 29.0 Å². The molecule has 9 heteroatoms. The molecule has 1 atom stereocenters. The van der Waals surface area contributed by atoms with E-state index in [-0.39, 0.29) is 11.9 Å². The van der Waals surface area contributed by atoms with Crippen molar-refractivity contribution in [1.82, 2.24) is 10.3 Å². The van der Waals surface area contributed by atoms with Crippen LogP contribution in [-0.2, 0) is 0 Å². The average molecular weight is 540 g/mol. The lowest BCUT2D eigenvalue weighted by Crippen LogP contribution is -2.30. The lowest BCUT2D eigenvalue weighted by molar-refractivity contribution is 0.102. The average Bonchev–Trinajstić information content (AvgIpc) is 3.20. The van der Waals surface area contributed by atoms with Crippen LogP contribution in [-0.4, -0.2) is 16.0 Å². The molecule has 1 unspecified atom stereocenters. The van der Waals surface area contributed by atoms with Crippen LogP contribution < -0.4 is 16.0 Å². The summed E-state index contributed by atoms with van der Waals surface area (Å²) in [5, 5.41) is 11.5. The van der Waals surface area contributed by atoms with E-state index in [2.05, 4.69) is 52.8 Å². The molecule has 1 amide bonds. The summed E-state index contributed by atoms with van der Waals surface area (Å²) >= 11 is 13.8. The summed E-state index contributed by atoms with van der Waals surface area (Å²) in [6.45, 7) is 2.04. The third-order valence-electron chi connectivity index (χ3n) is 3.86. The van der Waals surface area contributed by atoms with E-state index in [1.165, 1.54) is 11.3 Å². The number of nitrogens with one attached hydrogen (secondary N) is 3. The van der Waals surface area contributed by atoms with E-state index in [9.17, 15) is 4.79 Å². The van der Waals surface area contributed by atoms with E-state index in [1.807, 2.05) is 49.4 Å². The molecule has 0 saturated carbocycles. The minimum Gasteiger partial charge on any atom is -0.356 e. The number of carbonyl (C=O) groups excluding carboxylic acids is 1. The second-order valence-electron chi connectivity index (χ2n) is 5.90. The maximum atomic E-state index is 12.0. The first-order valence-corrected chi connectivity index (χ1v) is 11.2. The molecule has 144 valence electrons. The summed E-state index contributed by atoms with van der Waals surface area (Å²) in [4.78, 5) is 16.0. The fraction of sp³-hybridized carbons (Fsp3) is 0.105. The van der Waals surface area contributed by atoms with Gasteiger partial charge in [-0.25, -0.2) is 4.98 Å². The van der Waals surface area contributed by atoms with Gasteiger partial charge in [-0.15, -0.1) is 11.3 Å². The maximum absolute atomic E-state index is 12.0. The van der Waals surface area contributed by atoms with E-state index in [1.54, 1.807) is 10.9 Å².